The lowest BCUT2D eigenvalue weighted by molar-refractivity contribution is 0.171. The molecule has 0 fully saturated rings. The van der Waals surface area contributed by atoms with E-state index < -0.39 is 10.0 Å². The minimum Gasteiger partial charge on any atom is -0.427 e. The number of sulfonamides is 1. The van der Waals surface area contributed by atoms with Gasteiger partial charge in [0.05, 0.1) is 18.1 Å². The number of anilines is 1. The lowest BCUT2D eigenvalue weighted by Crippen LogP contribution is -2.20. The van der Waals surface area contributed by atoms with Crippen LogP contribution in [0.25, 0.3) is 0 Å². The lowest BCUT2D eigenvalue weighted by Gasteiger charge is -2.02. The Hall–Kier alpha value is -2.35. The molecular weight excluding hydrogens is 256 g/mol. The maximum atomic E-state index is 12.0. The Morgan fingerprint density at radius 1 is 1.33 bits per heavy atom. The van der Waals surface area contributed by atoms with Crippen LogP contribution in [-0.2, 0) is 10.0 Å². The van der Waals surface area contributed by atoms with E-state index >= 15 is 0 Å². The van der Waals surface area contributed by atoms with Crippen LogP contribution in [0.4, 0.5) is 5.69 Å². The van der Waals surface area contributed by atoms with Gasteiger partial charge in [0.1, 0.15) is 4.90 Å². The van der Waals surface area contributed by atoms with Crippen LogP contribution in [0.5, 0.6) is 0 Å². The summed E-state index contributed by atoms with van der Waals surface area (Å²) in [7, 11) is -3.99. The molecule has 0 amide bonds. The van der Waals surface area contributed by atoms with E-state index in [1.54, 1.807) is 6.07 Å². The minimum atomic E-state index is -3.99. The molecule has 0 aliphatic carbocycles. The SMILES string of the molecule is Nc1ccccc1S(=O)(=O)N=c1cnccn1O. The molecule has 2 aromatic rings. The van der Waals surface area contributed by atoms with E-state index in [0.717, 1.165) is 6.20 Å². The van der Waals surface area contributed by atoms with Gasteiger partial charge in [0.25, 0.3) is 10.0 Å². The summed E-state index contributed by atoms with van der Waals surface area (Å²) in [6, 6.07) is 5.95. The smallest absolute Gasteiger partial charge is 0.286 e. The van der Waals surface area contributed by atoms with Gasteiger partial charge in [-0.3, -0.25) is 4.98 Å². The molecule has 0 atom stereocenters. The van der Waals surface area contributed by atoms with Crippen molar-refractivity contribution in [2.75, 3.05) is 5.73 Å². The molecule has 94 valence electrons. The lowest BCUT2D eigenvalue weighted by atomic mass is 10.3. The first-order chi connectivity index (χ1) is 8.50. The fourth-order valence-electron chi connectivity index (χ4n) is 1.30. The number of benzene rings is 1. The summed E-state index contributed by atoms with van der Waals surface area (Å²) in [4.78, 5) is 3.56. The number of aromatic nitrogens is 2. The van der Waals surface area contributed by atoms with Crippen molar-refractivity contribution in [1.29, 1.82) is 0 Å². The molecule has 0 unspecified atom stereocenters. The van der Waals surface area contributed by atoms with Crippen molar-refractivity contribution in [1.82, 2.24) is 9.71 Å². The van der Waals surface area contributed by atoms with Crippen LogP contribution in [0.15, 0.2) is 52.1 Å². The Labute approximate surface area is 103 Å². The number of rotatable bonds is 2. The molecule has 1 aromatic carbocycles. The highest BCUT2D eigenvalue weighted by Gasteiger charge is 2.15. The van der Waals surface area contributed by atoms with E-state index in [1.807, 2.05) is 0 Å². The van der Waals surface area contributed by atoms with Crippen molar-refractivity contribution >= 4 is 15.7 Å². The van der Waals surface area contributed by atoms with Gasteiger partial charge in [-0.2, -0.15) is 13.1 Å². The molecule has 1 aromatic heterocycles. The molecule has 8 heteroatoms. The Morgan fingerprint density at radius 3 is 2.72 bits per heavy atom. The normalized spacial score (nSPS) is 12.6. The average Bonchev–Trinajstić information content (AvgIpc) is 2.32. The molecular formula is C10H10N4O3S. The quantitative estimate of drug-likeness (QED) is 0.586. The van der Waals surface area contributed by atoms with Crippen molar-refractivity contribution in [3.8, 4) is 0 Å². The number of nitrogens with two attached hydrogens (primary N) is 1. The van der Waals surface area contributed by atoms with Crippen LogP contribution < -0.4 is 11.2 Å². The van der Waals surface area contributed by atoms with Crippen molar-refractivity contribution in [3.05, 3.63) is 48.3 Å². The number of hydrogen-bond acceptors (Lipinski definition) is 5. The second kappa shape index (κ2) is 4.49. The van der Waals surface area contributed by atoms with Crippen LogP contribution in [0.3, 0.4) is 0 Å². The van der Waals surface area contributed by atoms with Crippen LogP contribution >= 0.6 is 0 Å². The van der Waals surface area contributed by atoms with Gasteiger partial charge in [0, 0.05) is 6.20 Å². The monoisotopic (exact) mass is 266 g/mol. The predicted molar refractivity (Wildman–Crippen MR) is 63.0 cm³/mol. The second-order valence-electron chi connectivity index (χ2n) is 3.38. The van der Waals surface area contributed by atoms with Gasteiger partial charge in [-0.05, 0) is 12.1 Å². The maximum absolute atomic E-state index is 12.0. The molecule has 0 aliphatic rings. The van der Waals surface area contributed by atoms with Gasteiger partial charge in [-0.25, -0.2) is 0 Å². The summed E-state index contributed by atoms with van der Waals surface area (Å²) in [6.07, 6.45) is 3.59. The van der Waals surface area contributed by atoms with Gasteiger partial charge in [0.15, 0.2) is 5.49 Å². The van der Waals surface area contributed by atoms with Crippen molar-refractivity contribution < 1.29 is 13.6 Å². The zero-order chi connectivity index (χ0) is 13.2. The Bertz CT molecular complexity index is 737. The zero-order valence-corrected chi connectivity index (χ0v) is 9.95. The largest absolute Gasteiger partial charge is 0.427 e. The Kier molecular flexibility index (Phi) is 3.02. The van der Waals surface area contributed by atoms with Crippen molar-refractivity contribution in [2.45, 2.75) is 4.90 Å². The topological polar surface area (TPSA) is 111 Å². The van der Waals surface area contributed by atoms with Crippen molar-refractivity contribution in [3.63, 3.8) is 0 Å². The van der Waals surface area contributed by atoms with Gasteiger partial charge in [-0.1, -0.05) is 12.1 Å². The van der Waals surface area contributed by atoms with E-state index in [9.17, 15) is 13.6 Å². The molecule has 7 nitrogen and oxygen atoms in total. The summed E-state index contributed by atoms with van der Waals surface area (Å²) in [5.41, 5.74) is 5.46. The molecule has 18 heavy (non-hydrogen) atoms. The van der Waals surface area contributed by atoms with E-state index in [2.05, 4.69) is 9.38 Å². The Balaban J connectivity index is 2.63. The van der Waals surface area contributed by atoms with Crippen LogP contribution in [0.2, 0.25) is 0 Å². The molecule has 0 radical (unpaired) electrons. The molecule has 0 spiro atoms. The van der Waals surface area contributed by atoms with Crippen LogP contribution in [0.1, 0.15) is 0 Å². The average molecular weight is 266 g/mol. The second-order valence-corrected chi connectivity index (χ2v) is 4.96. The summed E-state index contributed by atoms with van der Waals surface area (Å²) in [5.74, 6) is 0. The number of nitrogens with zero attached hydrogens (tertiary/aromatic N) is 3. The molecule has 0 saturated heterocycles. The van der Waals surface area contributed by atoms with E-state index in [4.69, 9.17) is 5.73 Å². The number of nitrogen functional groups attached to an aromatic ring is 1. The summed E-state index contributed by atoms with van der Waals surface area (Å²) in [6.45, 7) is 0. The molecule has 1 heterocycles. The number of hydrogen-bond donors (Lipinski definition) is 2. The molecule has 0 aliphatic heterocycles. The molecule has 2 rings (SSSR count). The molecule has 0 saturated carbocycles. The standard InChI is InChI=1S/C10H10N4O3S/c11-8-3-1-2-4-9(8)18(16,17)13-10-7-12-5-6-14(10)15/h1-7,15H,11H2. The minimum absolute atomic E-state index is 0.0923. The molecule has 0 bridgehead atoms. The van der Waals surface area contributed by atoms with Gasteiger partial charge < -0.3 is 10.9 Å². The van der Waals surface area contributed by atoms with Crippen LogP contribution in [-0.4, -0.2) is 23.3 Å². The summed E-state index contributed by atoms with van der Waals surface area (Å²) in [5, 5.41) is 9.38. The first-order valence-electron chi connectivity index (χ1n) is 4.88. The third-order valence-electron chi connectivity index (χ3n) is 2.13. The fourth-order valence-corrected chi connectivity index (χ4v) is 2.39. The van der Waals surface area contributed by atoms with Crippen LogP contribution in [0, 0.1) is 0 Å². The zero-order valence-electron chi connectivity index (χ0n) is 9.13. The van der Waals surface area contributed by atoms with Gasteiger partial charge in [-0.15, -0.1) is 4.40 Å². The van der Waals surface area contributed by atoms with Crippen molar-refractivity contribution in [2.24, 2.45) is 4.40 Å². The highest BCUT2D eigenvalue weighted by atomic mass is 32.2. The van der Waals surface area contributed by atoms with E-state index in [0.29, 0.717) is 4.73 Å². The first-order valence-corrected chi connectivity index (χ1v) is 6.32. The number of para-hydroxylation sites is 1. The van der Waals surface area contributed by atoms with E-state index in [1.165, 1.54) is 30.6 Å². The van der Waals surface area contributed by atoms with Gasteiger partial charge >= 0.3 is 0 Å². The predicted octanol–water partition coefficient (Wildman–Crippen LogP) is -0.00780. The summed E-state index contributed by atoms with van der Waals surface area (Å²) >= 11 is 0. The molecule has 3 N–H and O–H groups in total. The van der Waals surface area contributed by atoms with Gasteiger partial charge in [0.2, 0.25) is 0 Å². The van der Waals surface area contributed by atoms with E-state index in [-0.39, 0.29) is 16.1 Å². The first kappa shape index (κ1) is 12.1. The highest BCUT2D eigenvalue weighted by molar-refractivity contribution is 7.90. The Morgan fingerprint density at radius 2 is 2.06 bits per heavy atom. The highest BCUT2D eigenvalue weighted by Crippen LogP contribution is 2.18. The fraction of sp³-hybridized carbons (Fsp3) is 0. The third-order valence-corrected chi connectivity index (χ3v) is 3.48. The maximum Gasteiger partial charge on any atom is 0.286 e. The summed E-state index contributed by atoms with van der Waals surface area (Å²) < 4.78 is 28.0. The third kappa shape index (κ3) is 2.33.